The van der Waals surface area contributed by atoms with Gasteiger partial charge in [0.25, 0.3) is 0 Å². The van der Waals surface area contributed by atoms with Crippen LogP contribution in [0.4, 0.5) is 5.69 Å². The molecule has 1 aromatic rings. The predicted molar refractivity (Wildman–Crippen MR) is 50.6 cm³/mol. The van der Waals surface area contributed by atoms with Crippen molar-refractivity contribution in [3.05, 3.63) is 35.4 Å². The Morgan fingerprint density at radius 3 is 2.64 bits per heavy atom. The van der Waals surface area contributed by atoms with E-state index in [1.165, 1.54) is 0 Å². The van der Waals surface area contributed by atoms with Crippen LogP contribution in [0.15, 0.2) is 24.8 Å². The zero-order chi connectivity index (χ0) is 8.43. The fourth-order valence-electron chi connectivity index (χ4n) is 0.898. The second kappa shape index (κ2) is 2.97. The zero-order valence-electron chi connectivity index (χ0n) is 6.39. The standard InChI is InChI=1S/C9H10ClN/c1-6(2)8-5-7(10)3-4-9(8)11/h3-5H,1,11H2,2H3. The molecule has 0 spiro atoms. The molecule has 11 heavy (non-hydrogen) atoms. The maximum atomic E-state index is 5.76. The second-order valence-corrected chi connectivity index (χ2v) is 2.95. The Morgan fingerprint density at radius 2 is 2.18 bits per heavy atom. The summed E-state index contributed by atoms with van der Waals surface area (Å²) in [6, 6.07) is 5.37. The third-order valence-corrected chi connectivity index (χ3v) is 1.71. The third kappa shape index (κ3) is 1.75. The van der Waals surface area contributed by atoms with Gasteiger partial charge in [0.15, 0.2) is 0 Å². The van der Waals surface area contributed by atoms with E-state index in [1.807, 2.05) is 13.0 Å². The third-order valence-electron chi connectivity index (χ3n) is 1.48. The average Bonchev–Trinajstić information content (AvgIpc) is 1.94. The second-order valence-electron chi connectivity index (χ2n) is 2.51. The highest BCUT2D eigenvalue weighted by molar-refractivity contribution is 6.30. The molecule has 0 aliphatic heterocycles. The van der Waals surface area contributed by atoms with Crippen LogP contribution in [0, 0.1) is 0 Å². The lowest BCUT2D eigenvalue weighted by Crippen LogP contribution is -1.90. The lowest BCUT2D eigenvalue weighted by molar-refractivity contribution is 1.57. The molecule has 0 saturated carbocycles. The van der Waals surface area contributed by atoms with Crippen LogP contribution < -0.4 is 5.73 Å². The van der Waals surface area contributed by atoms with Gasteiger partial charge in [-0.1, -0.05) is 18.2 Å². The number of nitrogen functional groups attached to an aromatic ring is 1. The van der Waals surface area contributed by atoms with Gasteiger partial charge in [0, 0.05) is 16.3 Å². The van der Waals surface area contributed by atoms with Crippen LogP contribution in [0.3, 0.4) is 0 Å². The van der Waals surface area contributed by atoms with Crippen molar-refractivity contribution in [1.82, 2.24) is 0 Å². The smallest absolute Gasteiger partial charge is 0.0413 e. The van der Waals surface area contributed by atoms with Gasteiger partial charge in [0.1, 0.15) is 0 Å². The zero-order valence-corrected chi connectivity index (χ0v) is 7.15. The monoisotopic (exact) mass is 167 g/mol. The van der Waals surface area contributed by atoms with Crippen LogP contribution in [0.25, 0.3) is 5.57 Å². The molecule has 0 unspecified atom stereocenters. The summed E-state index contributed by atoms with van der Waals surface area (Å²) in [5.74, 6) is 0. The number of benzene rings is 1. The predicted octanol–water partition coefficient (Wildman–Crippen LogP) is 2.96. The molecule has 0 atom stereocenters. The van der Waals surface area contributed by atoms with Crippen LogP contribution in [-0.4, -0.2) is 0 Å². The van der Waals surface area contributed by atoms with Crippen LogP contribution >= 0.6 is 11.6 Å². The molecule has 0 amide bonds. The number of nitrogens with two attached hydrogens (primary N) is 1. The van der Waals surface area contributed by atoms with Gasteiger partial charge in [-0.25, -0.2) is 0 Å². The molecule has 0 fully saturated rings. The van der Waals surface area contributed by atoms with E-state index in [0.29, 0.717) is 5.02 Å². The first-order valence-corrected chi connectivity index (χ1v) is 3.70. The lowest BCUT2D eigenvalue weighted by Gasteiger charge is -2.03. The molecule has 1 nitrogen and oxygen atoms in total. The number of halogens is 1. The SMILES string of the molecule is C=C(C)c1cc(Cl)ccc1N. The maximum Gasteiger partial charge on any atom is 0.0413 e. The first-order valence-electron chi connectivity index (χ1n) is 3.32. The number of rotatable bonds is 1. The fourth-order valence-corrected chi connectivity index (χ4v) is 1.07. The summed E-state index contributed by atoms with van der Waals surface area (Å²) >= 11 is 5.76. The van der Waals surface area contributed by atoms with Crippen molar-refractivity contribution >= 4 is 22.9 Å². The summed E-state index contributed by atoms with van der Waals surface area (Å²) in [6.45, 7) is 5.69. The van der Waals surface area contributed by atoms with Gasteiger partial charge in [-0.05, 0) is 30.7 Å². The summed E-state index contributed by atoms with van der Waals surface area (Å²) < 4.78 is 0. The van der Waals surface area contributed by atoms with Gasteiger partial charge in [-0.2, -0.15) is 0 Å². The van der Waals surface area contributed by atoms with Crippen molar-refractivity contribution in [2.24, 2.45) is 0 Å². The van der Waals surface area contributed by atoms with Crippen LogP contribution in [0.5, 0.6) is 0 Å². The molecule has 58 valence electrons. The van der Waals surface area contributed by atoms with E-state index in [1.54, 1.807) is 12.1 Å². The van der Waals surface area contributed by atoms with Crippen molar-refractivity contribution < 1.29 is 0 Å². The fraction of sp³-hybridized carbons (Fsp3) is 0.111. The first kappa shape index (κ1) is 8.15. The number of allylic oxidation sites excluding steroid dienone is 1. The molecule has 1 rings (SSSR count). The molecule has 1 aromatic carbocycles. The molecular formula is C9H10ClN. The number of hydrogen-bond donors (Lipinski definition) is 1. The van der Waals surface area contributed by atoms with E-state index < -0.39 is 0 Å². The first-order chi connectivity index (χ1) is 5.11. The summed E-state index contributed by atoms with van der Waals surface area (Å²) in [5.41, 5.74) is 8.26. The Balaban J connectivity index is 3.23. The van der Waals surface area contributed by atoms with E-state index in [9.17, 15) is 0 Å². The van der Waals surface area contributed by atoms with E-state index in [0.717, 1.165) is 16.8 Å². The molecule has 0 radical (unpaired) electrons. The van der Waals surface area contributed by atoms with Crippen molar-refractivity contribution in [2.45, 2.75) is 6.92 Å². The summed E-state index contributed by atoms with van der Waals surface area (Å²) in [4.78, 5) is 0. The van der Waals surface area contributed by atoms with Crippen LogP contribution in [0.2, 0.25) is 5.02 Å². The Morgan fingerprint density at radius 1 is 1.55 bits per heavy atom. The molecule has 0 heterocycles. The number of anilines is 1. The molecule has 0 aliphatic carbocycles. The quantitative estimate of drug-likeness (QED) is 0.640. The highest BCUT2D eigenvalue weighted by Gasteiger charge is 1.99. The van der Waals surface area contributed by atoms with E-state index >= 15 is 0 Å². The highest BCUT2D eigenvalue weighted by atomic mass is 35.5. The Labute approximate surface area is 71.5 Å². The van der Waals surface area contributed by atoms with E-state index in [2.05, 4.69) is 6.58 Å². The highest BCUT2D eigenvalue weighted by Crippen LogP contribution is 2.23. The summed E-state index contributed by atoms with van der Waals surface area (Å²) in [6.07, 6.45) is 0. The Kier molecular flexibility index (Phi) is 2.20. The number of hydrogen-bond acceptors (Lipinski definition) is 1. The van der Waals surface area contributed by atoms with E-state index in [4.69, 9.17) is 17.3 Å². The molecule has 0 aliphatic rings. The Bertz CT molecular complexity index is 292. The molecule has 0 saturated heterocycles. The molecule has 2 N–H and O–H groups in total. The van der Waals surface area contributed by atoms with Gasteiger partial charge < -0.3 is 5.73 Å². The van der Waals surface area contributed by atoms with Gasteiger partial charge >= 0.3 is 0 Å². The minimum absolute atomic E-state index is 0.692. The van der Waals surface area contributed by atoms with Crippen LogP contribution in [-0.2, 0) is 0 Å². The van der Waals surface area contributed by atoms with Crippen molar-refractivity contribution in [3.63, 3.8) is 0 Å². The molecule has 0 aromatic heterocycles. The van der Waals surface area contributed by atoms with Gasteiger partial charge in [-0.15, -0.1) is 0 Å². The van der Waals surface area contributed by atoms with Crippen molar-refractivity contribution in [3.8, 4) is 0 Å². The average molecular weight is 168 g/mol. The summed E-state index contributed by atoms with van der Waals surface area (Å²) in [7, 11) is 0. The van der Waals surface area contributed by atoms with E-state index in [-0.39, 0.29) is 0 Å². The molecule has 2 heteroatoms. The molecular weight excluding hydrogens is 158 g/mol. The largest absolute Gasteiger partial charge is 0.398 e. The lowest BCUT2D eigenvalue weighted by atomic mass is 10.1. The van der Waals surface area contributed by atoms with Gasteiger partial charge in [0.2, 0.25) is 0 Å². The van der Waals surface area contributed by atoms with Gasteiger partial charge in [0.05, 0.1) is 0 Å². The Hall–Kier alpha value is -0.950. The minimum atomic E-state index is 0.692. The maximum absolute atomic E-state index is 5.76. The normalized spacial score (nSPS) is 9.64. The van der Waals surface area contributed by atoms with Gasteiger partial charge in [-0.3, -0.25) is 0 Å². The van der Waals surface area contributed by atoms with Crippen LogP contribution in [0.1, 0.15) is 12.5 Å². The summed E-state index contributed by atoms with van der Waals surface area (Å²) in [5, 5.41) is 0.692. The minimum Gasteiger partial charge on any atom is -0.398 e. The topological polar surface area (TPSA) is 26.0 Å². The van der Waals surface area contributed by atoms with Crippen molar-refractivity contribution in [2.75, 3.05) is 5.73 Å². The molecule has 0 bridgehead atoms. The van der Waals surface area contributed by atoms with Crippen molar-refractivity contribution in [1.29, 1.82) is 0 Å².